The summed E-state index contributed by atoms with van der Waals surface area (Å²) in [6, 6.07) is 8.84. The number of likely N-dealkylation sites (tertiary alicyclic amines) is 1. The minimum Gasteiger partial charge on any atom is -0.339 e. The Kier molecular flexibility index (Phi) is 3.84. The molecule has 1 aliphatic carbocycles. The molecule has 24 heavy (non-hydrogen) atoms. The van der Waals surface area contributed by atoms with E-state index < -0.39 is 0 Å². The van der Waals surface area contributed by atoms with Crippen LogP contribution in [0.1, 0.15) is 17.2 Å². The summed E-state index contributed by atoms with van der Waals surface area (Å²) >= 11 is 0. The lowest BCUT2D eigenvalue weighted by Gasteiger charge is -2.24. The molecule has 6 heteroatoms. The lowest BCUT2D eigenvalue weighted by molar-refractivity contribution is -0.134. The summed E-state index contributed by atoms with van der Waals surface area (Å²) in [6.45, 7) is 1.46. The maximum absolute atomic E-state index is 13.1. The fourth-order valence-electron chi connectivity index (χ4n) is 4.10. The molecule has 0 spiro atoms. The molecular formula is C18H23N5O. The Hall–Kier alpha value is -2.21. The second kappa shape index (κ2) is 6.02. The minimum absolute atomic E-state index is 0.0831. The molecule has 1 fully saturated rings. The normalized spacial score (nSPS) is 23.9. The van der Waals surface area contributed by atoms with Crippen LogP contribution in [0.25, 0.3) is 0 Å². The van der Waals surface area contributed by atoms with E-state index in [1.165, 1.54) is 11.1 Å². The van der Waals surface area contributed by atoms with Gasteiger partial charge >= 0.3 is 0 Å². The Morgan fingerprint density at radius 2 is 1.88 bits per heavy atom. The number of hydrogen-bond acceptors (Lipinski definition) is 4. The average Bonchev–Trinajstić information content (AvgIpc) is 3.30. The number of fused-ring (bicyclic) bond motifs is 1. The second-order valence-corrected chi connectivity index (χ2v) is 7.10. The highest BCUT2D eigenvalue weighted by atomic mass is 16.2. The van der Waals surface area contributed by atoms with Crippen molar-refractivity contribution >= 4 is 5.91 Å². The van der Waals surface area contributed by atoms with Crippen LogP contribution in [0.3, 0.4) is 0 Å². The molecule has 0 N–H and O–H groups in total. The molecule has 0 unspecified atom stereocenters. The maximum Gasteiger partial charge on any atom is 0.226 e. The zero-order chi connectivity index (χ0) is 16.7. The van der Waals surface area contributed by atoms with Crippen molar-refractivity contribution in [3.05, 3.63) is 47.8 Å². The van der Waals surface area contributed by atoms with Crippen LogP contribution >= 0.6 is 0 Å². The summed E-state index contributed by atoms with van der Waals surface area (Å²) in [7, 11) is 4.13. The van der Waals surface area contributed by atoms with Crippen LogP contribution < -0.4 is 0 Å². The standard InChI is InChI=1S/C18H23N5O/c1-21(2)16-11-22(12-17(16)23-8-7-19-20-23)18(24)15-9-13-5-3-4-6-14(13)10-15/h3-8,15-17H,9-12H2,1-2H3/t16-,17+/m1/s1. The Balaban J connectivity index is 1.50. The smallest absolute Gasteiger partial charge is 0.226 e. The Labute approximate surface area is 142 Å². The highest BCUT2D eigenvalue weighted by Gasteiger charge is 2.41. The molecular weight excluding hydrogens is 302 g/mol. The van der Waals surface area contributed by atoms with Gasteiger partial charge in [-0.05, 0) is 38.1 Å². The number of rotatable bonds is 3. The largest absolute Gasteiger partial charge is 0.339 e. The van der Waals surface area contributed by atoms with Crippen molar-refractivity contribution in [1.82, 2.24) is 24.8 Å². The topological polar surface area (TPSA) is 54.3 Å². The maximum atomic E-state index is 13.1. The Morgan fingerprint density at radius 3 is 2.46 bits per heavy atom. The van der Waals surface area contributed by atoms with Gasteiger partial charge in [-0.2, -0.15) is 0 Å². The molecule has 1 aromatic carbocycles. The van der Waals surface area contributed by atoms with Crippen LogP contribution in [0, 0.1) is 5.92 Å². The van der Waals surface area contributed by atoms with Gasteiger partial charge in [0.15, 0.2) is 0 Å². The van der Waals surface area contributed by atoms with Crippen LogP contribution in [0.4, 0.5) is 0 Å². The Morgan fingerprint density at radius 1 is 1.17 bits per heavy atom. The molecule has 126 valence electrons. The van der Waals surface area contributed by atoms with Gasteiger partial charge in [-0.25, -0.2) is 4.68 Å². The van der Waals surface area contributed by atoms with Gasteiger partial charge in [0.25, 0.3) is 0 Å². The second-order valence-electron chi connectivity index (χ2n) is 7.10. The number of aromatic nitrogens is 3. The quantitative estimate of drug-likeness (QED) is 0.845. The van der Waals surface area contributed by atoms with Crippen molar-refractivity contribution in [2.45, 2.75) is 24.9 Å². The van der Waals surface area contributed by atoms with Crippen LogP contribution in [-0.2, 0) is 17.6 Å². The summed E-state index contributed by atoms with van der Waals surface area (Å²) in [5.74, 6) is 0.361. The fraction of sp³-hybridized carbons (Fsp3) is 0.500. The van der Waals surface area contributed by atoms with Crippen LogP contribution in [0.5, 0.6) is 0 Å². The van der Waals surface area contributed by atoms with Gasteiger partial charge in [0, 0.05) is 25.2 Å². The van der Waals surface area contributed by atoms with Gasteiger partial charge in [0.2, 0.25) is 5.91 Å². The summed E-state index contributed by atoms with van der Waals surface area (Å²) < 4.78 is 1.89. The summed E-state index contributed by atoms with van der Waals surface area (Å²) in [4.78, 5) is 17.3. The average molecular weight is 325 g/mol. The first-order valence-corrected chi connectivity index (χ1v) is 8.51. The number of likely N-dealkylation sites (N-methyl/N-ethyl adjacent to an activating group) is 1. The molecule has 0 bridgehead atoms. The van der Waals surface area contributed by atoms with Gasteiger partial charge < -0.3 is 9.80 Å². The molecule has 1 aromatic heterocycles. The van der Waals surface area contributed by atoms with Crippen molar-refractivity contribution in [1.29, 1.82) is 0 Å². The number of hydrogen-bond donors (Lipinski definition) is 0. The monoisotopic (exact) mass is 325 g/mol. The van der Waals surface area contributed by atoms with Crippen molar-refractivity contribution in [3.8, 4) is 0 Å². The number of nitrogens with zero attached hydrogens (tertiary/aromatic N) is 5. The molecule has 6 nitrogen and oxygen atoms in total. The van der Waals surface area contributed by atoms with Crippen molar-refractivity contribution in [3.63, 3.8) is 0 Å². The molecule has 2 aromatic rings. The SMILES string of the molecule is CN(C)[C@@H]1CN(C(=O)C2Cc3ccccc3C2)C[C@@H]1n1ccnn1. The number of carbonyl (C=O) groups excluding carboxylic acids is 1. The highest BCUT2D eigenvalue weighted by molar-refractivity contribution is 5.81. The van der Waals surface area contributed by atoms with Gasteiger partial charge in [-0.3, -0.25) is 4.79 Å². The number of benzene rings is 1. The molecule has 1 saturated heterocycles. The third-order valence-corrected chi connectivity index (χ3v) is 5.42. The van der Waals surface area contributed by atoms with E-state index >= 15 is 0 Å². The van der Waals surface area contributed by atoms with Crippen molar-refractivity contribution < 1.29 is 4.79 Å². The van der Waals surface area contributed by atoms with Crippen LogP contribution in [0.2, 0.25) is 0 Å². The third kappa shape index (κ3) is 2.60. The summed E-state index contributed by atoms with van der Waals surface area (Å²) in [5.41, 5.74) is 2.65. The third-order valence-electron chi connectivity index (χ3n) is 5.42. The molecule has 0 radical (unpaired) electrons. The predicted molar refractivity (Wildman–Crippen MR) is 90.5 cm³/mol. The van der Waals surface area contributed by atoms with E-state index in [4.69, 9.17) is 0 Å². The first kappa shape index (κ1) is 15.3. The van der Waals surface area contributed by atoms with E-state index in [0.29, 0.717) is 6.54 Å². The lowest BCUT2D eigenvalue weighted by Crippen LogP contribution is -2.38. The van der Waals surface area contributed by atoms with E-state index in [1.54, 1.807) is 6.20 Å². The van der Waals surface area contributed by atoms with E-state index in [1.807, 2.05) is 15.8 Å². The summed E-state index contributed by atoms with van der Waals surface area (Å²) in [5, 5.41) is 8.08. The van der Waals surface area contributed by atoms with E-state index in [-0.39, 0.29) is 23.9 Å². The molecule has 0 saturated carbocycles. The van der Waals surface area contributed by atoms with Crippen molar-refractivity contribution in [2.75, 3.05) is 27.2 Å². The first-order valence-electron chi connectivity index (χ1n) is 8.51. The molecule has 2 heterocycles. The number of amides is 1. The van der Waals surface area contributed by atoms with Crippen molar-refractivity contribution in [2.24, 2.45) is 5.92 Å². The van der Waals surface area contributed by atoms with Gasteiger partial charge in [0.1, 0.15) is 0 Å². The highest BCUT2D eigenvalue weighted by Crippen LogP contribution is 2.31. The molecule has 2 aliphatic rings. The van der Waals surface area contributed by atoms with Gasteiger partial charge in [-0.1, -0.05) is 29.5 Å². The van der Waals surface area contributed by atoms with Crippen LogP contribution in [-0.4, -0.2) is 63.9 Å². The molecule has 1 amide bonds. The first-order chi connectivity index (χ1) is 11.6. The van der Waals surface area contributed by atoms with Gasteiger partial charge in [-0.15, -0.1) is 5.10 Å². The van der Waals surface area contributed by atoms with E-state index in [2.05, 4.69) is 53.6 Å². The fourth-order valence-corrected chi connectivity index (χ4v) is 4.10. The zero-order valence-electron chi connectivity index (χ0n) is 14.2. The molecule has 4 rings (SSSR count). The molecule has 2 atom stereocenters. The van der Waals surface area contributed by atoms with Gasteiger partial charge in [0.05, 0.1) is 18.3 Å². The van der Waals surface area contributed by atoms with E-state index in [9.17, 15) is 4.79 Å². The zero-order valence-corrected chi connectivity index (χ0v) is 14.2. The summed E-state index contributed by atoms with van der Waals surface area (Å²) in [6.07, 6.45) is 5.32. The Bertz CT molecular complexity index is 702. The van der Waals surface area contributed by atoms with E-state index in [0.717, 1.165) is 19.4 Å². The van der Waals surface area contributed by atoms with Crippen LogP contribution in [0.15, 0.2) is 36.7 Å². The molecule has 1 aliphatic heterocycles. The predicted octanol–water partition coefficient (Wildman–Crippen LogP) is 1.01. The number of carbonyl (C=O) groups is 1. The lowest BCUT2D eigenvalue weighted by atomic mass is 10.1. The minimum atomic E-state index is 0.0831.